The third-order valence-corrected chi connectivity index (χ3v) is 6.25. The van der Waals surface area contributed by atoms with Crippen LogP contribution in [0.25, 0.3) is 0 Å². The highest BCUT2D eigenvalue weighted by atomic mass is 32.2. The first-order chi connectivity index (χ1) is 18.5. The number of aliphatic carboxylic acids is 1. The number of aromatic hydroxyl groups is 1. The number of imidazole rings is 1. The number of aromatic nitrogens is 2. The topological polar surface area (TPSA) is 243 Å². The molecule has 0 aliphatic carbocycles. The fourth-order valence-corrected chi connectivity index (χ4v) is 4.00. The molecule has 0 saturated carbocycles. The zero-order chi connectivity index (χ0) is 28.9. The van der Waals surface area contributed by atoms with Crippen molar-refractivity contribution in [2.24, 2.45) is 11.5 Å². The molecule has 1 heterocycles. The van der Waals surface area contributed by atoms with Gasteiger partial charge in [0.1, 0.15) is 23.9 Å². The normalized spacial score (nSPS) is 13.9. The second kappa shape index (κ2) is 15.3. The SMILES string of the molecule is CSCCC(NC(=O)C(N)Cc1ccc(O)cc1)C(=O)NC(CC(N)=O)C(=O)NC(Cc1cnc[nH]1)C(=O)O. The standard InChI is InChI=1S/C24H33N7O7S/c1-39-7-6-17(29-21(34)16(25)8-13-2-4-15(32)5-3-13)22(35)30-18(10-20(26)33)23(36)31-19(24(37)38)9-14-11-27-12-28-14/h2-5,11-12,16-19,32H,6-10,25H2,1H3,(H2,26,33)(H,27,28)(H,29,34)(H,30,35)(H,31,36)(H,37,38). The van der Waals surface area contributed by atoms with Crippen LogP contribution in [0.3, 0.4) is 0 Å². The van der Waals surface area contributed by atoms with Gasteiger partial charge in [-0.2, -0.15) is 11.8 Å². The molecule has 14 nitrogen and oxygen atoms in total. The Hall–Kier alpha value is -4.11. The van der Waals surface area contributed by atoms with Crippen LogP contribution in [0.15, 0.2) is 36.8 Å². The summed E-state index contributed by atoms with van der Waals surface area (Å²) in [5.74, 6) is -4.03. The summed E-state index contributed by atoms with van der Waals surface area (Å²) >= 11 is 1.42. The number of thioether (sulfide) groups is 1. The number of H-pyrrole nitrogens is 1. The van der Waals surface area contributed by atoms with Crippen LogP contribution in [0.1, 0.15) is 24.1 Å². The van der Waals surface area contributed by atoms with Crippen molar-refractivity contribution in [3.63, 3.8) is 0 Å². The molecule has 4 amide bonds. The third kappa shape index (κ3) is 10.6. The molecule has 0 radical (unpaired) electrons. The number of carboxylic acids is 1. The number of aromatic amines is 1. The number of nitrogens with one attached hydrogen (secondary N) is 4. The van der Waals surface area contributed by atoms with Gasteiger partial charge in [0, 0.05) is 18.3 Å². The van der Waals surface area contributed by atoms with E-state index in [1.54, 1.807) is 12.1 Å². The highest BCUT2D eigenvalue weighted by Crippen LogP contribution is 2.11. The summed E-state index contributed by atoms with van der Waals surface area (Å²) in [5.41, 5.74) is 12.4. The van der Waals surface area contributed by atoms with E-state index in [2.05, 4.69) is 25.9 Å². The van der Waals surface area contributed by atoms with Crippen molar-refractivity contribution >= 4 is 41.4 Å². The maximum atomic E-state index is 13.1. The summed E-state index contributed by atoms with van der Waals surface area (Å²) < 4.78 is 0. The Bertz CT molecular complexity index is 1130. The van der Waals surface area contributed by atoms with Crippen LogP contribution in [0.2, 0.25) is 0 Å². The molecular formula is C24H33N7O7S. The second-order valence-corrected chi connectivity index (χ2v) is 9.72. The number of hydrogen-bond acceptors (Lipinski definition) is 9. The summed E-state index contributed by atoms with van der Waals surface area (Å²) in [6.07, 6.45) is 4.17. The van der Waals surface area contributed by atoms with Gasteiger partial charge in [-0.05, 0) is 42.5 Å². The molecule has 39 heavy (non-hydrogen) atoms. The molecule has 15 heteroatoms. The zero-order valence-electron chi connectivity index (χ0n) is 21.3. The number of phenolic OH excluding ortho intramolecular Hbond substituents is 1. The third-order valence-electron chi connectivity index (χ3n) is 5.60. The van der Waals surface area contributed by atoms with Crippen molar-refractivity contribution in [1.82, 2.24) is 25.9 Å². The molecule has 2 rings (SSSR count). The van der Waals surface area contributed by atoms with Gasteiger partial charge in [0.2, 0.25) is 23.6 Å². The van der Waals surface area contributed by atoms with Crippen molar-refractivity contribution in [1.29, 1.82) is 0 Å². The van der Waals surface area contributed by atoms with E-state index in [-0.39, 0.29) is 25.0 Å². The number of benzene rings is 1. The lowest BCUT2D eigenvalue weighted by atomic mass is 10.0. The molecule has 1 aromatic carbocycles. The molecule has 4 unspecified atom stereocenters. The number of nitrogens with two attached hydrogens (primary N) is 2. The lowest BCUT2D eigenvalue weighted by molar-refractivity contribution is -0.142. The van der Waals surface area contributed by atoms with E-state index in [1.807, 2.05) is 6.26 Å². The van der Waals surface area contributed by atoms with Gasteiger partial charge >= 0.3 is 5.97 Å². The lowest BCUT2D eigenvalue weighted by Gasteiger charge is -2.24. The molecule has 10 N–H and O–H groups in total. The highest BCUT2D eigenvalue weighted by molar-refractivity contribution is 7.98. The van der Waals surface area contributed by atoms with E-state index in [9.17, 15) is 34.2 Å². The van der Waals surface area contributed by atoms with E-state index >= 15 is 0 Å². The number of carbonyl (C=O) groups is 5. The van der Waals surface area contributed by atoms with Gasteiger partial charge in [-0.3, -0.25) is 19.2 Å². The summed E-state index contributed by atoms with van der Waals surface area (Å²) in [5, 5.41) is 26.2. The summed E-state index contributed by atoms with van der Waals surface area (Å²) in [6.45, 7) is 0. The van der Waals surface area contributed by atoms with Gasteiger partial charge in [-0.25, -0.2) is 9.78 Å². The second-order valence-electron chi connectivity index (χ2n) is 8.73. The molecule has 0 aliphatic rings. The smallest absolute Gasteiger partial charge is 0.326 e. The molecule has 2 aromatic rings. The van der Waals surface area contributed by atoms with Crippen molar-refractivity contribution in [3.05, 3.63) is 48.0 Å². The Labute approximate surface area is 228 Å². The molecule has 212 valence electrons. The number of nitrogens with zero attached hydrogens (tertiary/aromatic N) is 1. The first kappa shape index (κ1) is 31.1. The van der Waals surface area contributed by atoms with E-state index in [1.165, 1.54) is 36.4 Å². The number of carbonyl (C=O) groups excluding carboxylic acids is 4. The minimum atomic E-state index is -1.49. The van der Waals surface area contributed by atoms with Crippen LogP contribution in [-0.4, -0.2) is 86.0 Å². The van der Waals surface area contributed by atoms with Crippen LogP contribution in [0.4, 0.5) is 0 Å². The fourth-order valence-electron chi connectivity index (χ4n) is 3.53. The molecule has 1 aromatic heterocycles. The Morgan fingerprint density at radius 2 is 1.59 bits per heavy atom. The minimum Gasteiger partial charge on any atom is -0.508 e. The van der Waals surface area contributed by atoms with Gasteiger partial charge in [0.05, 0.1) is 18.8 Å². The predicted molar refractivity (Wildman–Crippen MR) is 142 cm³/mol. The van der Waals surface area contributed by atoms with E-state index < -0.39 is 60.2 Å². The van der Waals surface area contributed by atoms with Gasteiger partial charge < -0.3 is 42.6 Å². The summed E-state index contributed by atoms with van der Waals surface area (Å²) in [4.78, 5) is 68.6. The molecular weight excluding hydrogens is 530 g/mol. The van der Waals surface area contributed by atoms with E-state index in [4.69, 9.17) is 11.5 Å². The Morgan fingerprint density at radius 1 is 0.974 bits per heavy atom. The van der Waals surface area contributed by atoms with Gasteiger partial charge in [-0.15, -0.1) is 0 Å². The van der Waals surface area contributed by atoms with Crippen LogP contribution < -0.4 is 27.4 Å². The summed E-state index contributed by atoms with van der Waals surface area (Å²) in [6, 6.07) is 1.18. The first-order valence-corrected chi connectivity index (χ1v) is 13.3. The predicted octanol–water partition coefficient (Wildman–Crippen LogP) is -1.60. The Kier molecular flexibility index (Phi) is 12.2. The van der Waals surface area contributed by atoms with Crippen molar-refractivity contribution in [3.8, 4) is 5.75 Å². The molecule has 0 saturated heterocycles. The minimum absolute atomic E-state index is 0.0658. The number of carboxylic acid groups (broad SMARTS) is 1. The highest BCUT2D eigenvalue weighted by Gasteiger charge is 2.31. The van der Waals surface area contributed by atoms with E-state index in [0.717, 1.165) is 0 Å². The molecule has 0 fully saturated rings. The van der Waals surface area contributed by atoms with Crippen LogP contribution in [0, 0.1) is 0 Å². The zero-order valence-corrected chi connectivity index (χ0v) is 22.1. The number of phenols is 1. The monoisotopic (exact) mass is 563 g/mol. The quantitative estimate of drug-likeness (QED) is 0.116. The van der Waals surface area contributed by atoms with Crippen LogP contribution in [-0.2, 0) is 36.8 Å². The molecule has 4 atom stereocenters. The van der Waals surface area contributed by atoms with Crippen molar-refractivity contribution in [2.75, 3.05) is 12.0 Å². The Morgan fingerprint density at radius 3 is 2.15 bits per heavy atom. The largest absolute Gasteiger partial charge is 0.508 e. The summed E-state index contributed by atoms with van der Waals surface area (Å²) in [7, 11) is 0. The number of primary amides is 1. The number of amides is 4. The molecule has 0 aliphatic heterocycles. The van der Waals surface area contributed by atoms with Gasteiger partial charge in [-0.1, -0.05) is 12.1 Å². The Balaban J connectivity index is 2.10. The average Bonchev–Trinajstić information content (AvgIpc) is 3.39. The average molecular weight is 564 g/mol. The van der Waals surface area contributed by atoms with Gasteiger partial charge in [0.15, 0.2) is 0 Å². The van der Waals surface area contributed by atoms with Crippen molar-refractivity contribution < 1.29 is 34.2 Å². The fraction of sp³-hybridized carbons (Fsp3) is 0.417. The van der Waals surface area contributed by atoms with Crippen molar-refractivity contribution in [2.45, 2.75) is 49.9 Å². The van der Waals surface area contributed by atoms with Crippen LogP contribution >= 0.6 is 11.8 Å². The number of rotatable bonds is 16. The first-order valence-electron chi connectivity index (χ1n) is 11.9. The lowest BCUT2D eigenvalue weighted by Crippen LogP contribution is -2.58. The van der Waals surface area contributed by atoms with E-state index in [0.29, 0.717) is 17.0 Å². The van der Waals surface area contributed by atoms with Crippen LogP contribution in [0.5, 0.6) is 5.75 Å². The molecule has 0 bridgehead atoms. The maximum absolute atomic E-state index is 13.1. The van der Waals surface area contributed by atoms with Gasteiger partial charge in [0.25, 0.3) is 0 Å². The maximum Gasteiger partial charge on any atom is 0.326 e. The number of hydrogen-bond donors (Lipinski definition) is 8. The molecule has 0 spiro atoms.